The van der Waals surface area contributed by atoms with E-state index in [1.54, 1.807) is 7.11 Å². The molecule has 6 nitrogen and oxygen atoms in total. The van der Waals surface area contributed by atoms with Gasteiger partial charge >= 0.3 is 0 Å². The Labute approximate surface area is 174 Å². The fourth-order valence-corrected chi connectivity index (χ4v) is 3.72. The average molecular weight is 396 g/mol. The van der Waals surface area contributed by atoms with E-state index in [9.17, 15) is 0 Å². The van der Waals surface area contributed by atoms with E-state index < -0.39 is 0 Å². The van der Waals surface area contributed by atoms with Gasteiger partial charge in [0.25, 0.3) is 0 Å². The Bertz CT molecular complexity index is 807. The van der Waals surface area contributed by atoms with Crippen molar-refractivity contribution in [3.05, 3.63) is 53.9 Å². The van der Waals surface area contributed by atoms with Crippen molar-refractivity contribution in [3.63, 3.8) is 0 Å². The number of benzene rings is 1. The molecule has 29 heavy (non-hydrogen) atoms. The molecule has 1 fully saturated rings. The molecule has 0 bridgehead atoms. The molecule has 1 aliphatic heterocycles. The van der Waals surface area contributed by atoms with Gasteiger partial charge in [0.05, 0.1) is 7.11 Å². The number of hydrogen-bond acceptors (Lipinski definition) is 4. The zero-order chi connectivity index (χ0) is 20.5. The smallest absolute Gasteiger partial charge is 0.191 e. The molecule has 1 aliphatic rings. The summed E-state index contributed by atoms with van der Waals surface area (Å²) in [6.07, 6.45) is 6.99. The van der Waals surface area contributed by atoms with Crippen molar-refractivity contribution < 1.29 is 4.74 Å². The number of hydrogen-bond donors (Lipinski definition) is 2. The van der Waals surface area contributed by atoms with Crippen molar-refractivity contribution in [3.8, 4) is 5.75 Å². The molecule has 0 amide bonds. The molecule has 0 spiro atoms. The van der Waals surface area contributed by atoms with Crippen LogP contribution in [0.5, 0.6) is 5.75 Å². The Kier molecular flexibility index (Phi) is 7.73. The number of rotatable bonds is 7. The van der Waals surface area contributed by atoms with Gasteiger partial charge in [-0.3, -0.25) is 9.98 Å². The van der Waals surface area contributed by atoms with Crippen LogP contribution < -0.4 is 20.3 Å². The molecule has 156 valence electrons. The largest absolute Gasteiger partial charge is 0.497 e. The highest BCUT2D eigenvalue weighted by Gasteiger charge is 2.21. The van der Waals surface area contributed by atoms with Gasteiger partial charge in [-0.2, -0.15) is 0 Å². The van der Waals surface area contributed by atoms with Gasteiger partial charge in [0.2, 0.25) is 0 Å². The summed E-state index contributed by atoms with van der Waals surface area (Å²) in [6.45, 7) is 7.85. The molecule has 2 aromatic rings. The first-order chi connectivity index (χ1) is 14.2. The van der Waals surface area contributed by atoms with Crippen molar-refractivity contribution in [2.24, 2.45) is 4.99 Å². The van der Waals surface area contributed by atoms with Gasteiger partial charge in [-0.25, -0.2) is 0 Å². The standard InChI is InChI=1S/C23H33N5O/c1-4-25-23(26-13-11-19-10-12-24-16-18(19)2)27-20-7-6-14-28(17-20)21-8-5-9-22(15-21)29-3/h5,8-10,12,15-16,20H,4,6-7,11,13-14,17H2,1-3H3,(H2,25,26,27). The van der Waals surface area contributed by atoms with Crippen LogP contribution >= 0.6 is 0 Å². The van der Waals surface area contributed by atoms with Gasteiger partial charge in [0, 0.05) is 56.4 Å². The zero-order valence-corrected chi connectivity index (χ0v) is 17.8. The summed E-state index contributed by atoms with van der Waals surface area (Å²) in [5.74, 6) is 1.80. The predicted molar refractivity (Wildman–Crippen MR) is 120 cm³/mol. The van der Waals surface area contributed by atoms with E-state index in [1.807, 2.05) is 18.5 Å². The lowest BCUT2D eigenvalue weighted by Crippen LogP contribution is -2.51. The lowest BCUT2D eigenvalue weighted by atomic mass is 10.0. The van der Waals surface area contributed by atoms with E-state index in [2.05, 4.69) is 58.6 Å². The molecule has 0 aliphatic carbocycles. The second-order valence-electron chi connectivity index (χ2n) is 7.44. The van der Waals surface area contributed by atoms with Crippen LogP contribution in [0.15, 0.2) is 47.7 Å². The predicted octanol–water partition coefficient (Wildman–Crippen LogP) is 3.17. The summed E-state index contributed by atoms with van der Waals surface area (Å²) in [5.41, 5.74) is 3.74. The number of nitrogens with one attached hydrogen (secondary N) is 2. The molecule has 0 saturated carbocycles. The van der Waals surface area contributed by atoms with Crippen LogP contribution in [0.1, 0.15) is 30.9 Å². The van der Waals surface area contributed by atoms with Crippen molar-refractivity contribution in [1.82, 2.24) is 15.6 Å². The molecule has 2 heterocycles. The Morgan fingerprint density at radius 2 is 2.24 bits per heavy atom. The molecule has 1 atom stereocenters. The molecule has 1 unspecified atom stereocenters. The fraction of sp³-hybridized carbons (Fsp3) is 0.478. The maximum Gasteiger partial charge on any atom is 0.191 e. The van der Waals surface area contributed by atoms with Crippen LogP contribution in [-0.4, -0.2) is 50.3 Å². The van der Waals surface area contributed by atoms with E-state index in [0.29, 0.717) is 6.04 Å². The number of anilines is 1. The van der Waals surface area contributed by atoms with E-state index in [0.717, 1.165) is 57.2 Å². The highest BCUT2D eigenvalue weighted by Crippen LogP contribution is 2.24. The summed E-state index contributed by atoms with van der Waals surface area (Å²) in [7, 11) is 1.71. The Balaban J connectivity index is 1.59. The molecular weight excluding hydrogens is 362 g/mol. The number of ether oxygens (including phenoxy) is 1. The van der Waals surface area contributed by atoms with Crippen molar-refractivity contribution >= 4 is 11.6 Å². The SMILES string of the molecule is CCNC(=NCCc1ccncc1C)NC1CCCN(c2cccc(OC)c2)C1. The minimum Gasteiger partial charge on any atom is -0.497 e. The first-order valence-corrected chi connectivity index (χ1v) is 10.5. The molecule has 1 saturated heterocycles. The number of methoxy groups -OCH3 is 1. The van der Waals surface area contributed by atoms with Gasteiger partial charge in [0.1, 0.15) is 5.75 Å². The second kappa shape index (κ2) is 10.7. The summed E-state index contributed by atoms with van der Waals surface area (Å²) >= 11 is 0. The highest BCUT2D eigenvalue weighted by molar-refractivity contribution is 5.80. The van der Waals surface area contributed by atoms with Crippen LogP contribution in [-0.2, 0) is 6.42 Å². The van der Waals surface area contributed by atoms with Gasteiger partial charge < -0.3 is 20.3 Å². The topological polar surface area (TPSA) is 61.8 Å². The number of aromatic nitrogens is 1. The van der Waals surface area contributed by atoms with Gasteiger partial charge in [-0.05, 0) is 62.4 Å². The first-order valence-electron chi connectivity index (χ1n) is 10.5. The number of aryl methyl sites for hydroxylation is 1. The van der Waals surface area contributed by atoms with E-state index >= 15 is 0 Å². The molecule has 1 aromatic carbocycles. The van der Waals surface area contributed by atoms with Crippen molar-refractivity contribution in [1.29, 1.82) is 0 Å². The maximum absolute atomic E-state index is 5.38. The third-order valence-corrected chi connectivity index (χ3v) is 5.31. The highest BCUT2D eigenvalue weighted by atomic mass is 16.5. The average Bonchev–Trinajstić information content (AvgIpc) is 2.75. The second-order valence-corrected chi connectivity index (χ2v) is 7.44. The number of piperidine rings is 1. The van der Waals surface area contributed by atoms with Crippen LogP contribution in [0.25, 0.3) is 0 Å². The number of nitrogens with zero attached hydrogens (tertiary/aromatic N) is 3. The monoisotopic (exact) mass is 395 g/mol. The Morgan fingerprint density at radius 1 is 1.34 bits per heavy atom. The molecular formula is C23H33N5O. The Morgan fingerprint density at radius 3 is 3.03 bits per heavy atom. The van der Waals surface area contributed by atoms with Gasteiger partial charge in [-0.15, -0.1) is 0 Å². The van der Waals surface area contributed by atoms with Gasteiger partial charge in [0.15, 0.2) is 5.96 Å². The van der Waals surface area contributed by atoms with Crippen LogP contribution in [0, 0.1) is 6.92 Å². The van der Waals surface area contributed by atoms with Gasteiger partial charge in [-0.1, -0.05) is 6.07 Å². The minimum absolute atomic E-state index is 0.371. The molecule has 3 rings (SSSR count). The van der Waals surface area contributed by atoms with Crippen LogP contribution in [0.2, 0.25) is 0 Å². The fourth-order valence-electron chi connectivity index (χ4n) is 3.72. The summed E-state index contributed by atoms with van der Waals surface area (Å²) < 4.78 is 5.38. The summed E-state index contributed by atoms with van der Waals surface area (Å²) in [5, 5.41) is 7.03. The minimum atomic E-state index is 0.371. The maximum atomic E-state index is 5.38. The molecule has 0 radical (unpaired) electrons. The van der Waals surface area contributed by atoms with E-state index in [1.165, 1.54) is 16.8 Å². The van der Waals surface area contributed by atoms with Crippen molar-refractivity contribution in [2.45, 2.75) is 39.2 Å². The normalized spacial score (nSPS) is 17.1. The van der Waals surface area contributed by atoms with E-state index in [-0.39, 0.29) is 0 Å². The number of pyridine rings is 1. The first kappa shape index (κ1) is 21.0. The third kappa shape index (κ3) is 6.11. The lowest BCUT2D eigenvalue weighted by molar-refractivity contribution is 0.414. The lowest BCUT2D eigenvalue weighted by Gasteiger charge is -2.35. The molecule has 6 heteroatoms. The number of guanidine groups is 1. The van der Waals surface area contributed by atoms with E-state index in [4.69, 9.17) is 9.73 Å². The van der Waals surface area contributed by atoms with Crippen LogP contribution in [0.3, 0.4) is 0 Å². The molecule has 2 N–H and O–H groups in total. The van der Waals surface area contributed by atoms with Crippen molar-refractivity contribution in [2.75, 3.05) is 38.2 Å². The summed E-state index contributed by atoms with van der Waals surface area (Å²) in [6, 6.07) is 10.8. The number of aliphatic imine (C=N–C) groups is 1. The quantitative estimate of drug-likeness (QED) is 0.557. The molecule has 1 aromatic heterocycles. The Hall–Kier alpha value is -2.76. The third-order valence-electron chi connectivity index (χ3n) is 5.31. The summed E-state index contributed by atoms with van der Waals surface area (Å²) in [4.78, 5) is 11.4. The van der Waals surface area contributed by atoms with Crippen LogP contribution in [0.4, 0.5) is 5.69 Å². The zero-order valence-electron chi connectivity index (χ0n) is 17.8.